The third-order valence-corrected chi connectivity index (χ3v) is 5.13. The summed E-state index contributed by atoms with van der Waals surface area (Å²) in [5.41, 5.74) is 1.95. The highest BCUT2D eigenvalue weighted by Gasteiger charge is 2.22. The number of benzene rings is 1. The maximum absolute atomic E-state index is 12.1. The minimum atomic E-state index is -0.934. The maximum atomic E-state index is 12.1. The molecule has 1 aromatic heterocycles. The average molecular weight is 347 g/mol. The lowest BCUT2D eigenvalue weighted by atomic mass is 10.2. The minimum absolute atomic E-state index is 0.0916. The number of urea groups is 1. The number of hydrogen-bond acceptors (Lipinski definition) is 4. The molecule has 0 aliphatic rings. The molecule has 2 aromatic rings. The van der Waals surface area contributed by atoms with Crippen LogP contribution in [0.2, 0.25) is 0 Å². The summed E-state index contributed by atoms with van der Waals surface area (Å²) in [4.78, 5) is 29.8. The Hall–Kier alpha value is -2.41. The Morgan fingerprint density at radius 2 is 2.00 bits per heavy atom. The van der Waals surface area contributed by atoms with Crippen LogP contribution in [0, 0.1) is 6.92 Å². The Kier molecular flexibility index (Phi) is 5.92. The van der Waals surface area contributed by atoms with Crippen molar-refractivity contribution in [3.8, 4) is 10.6 Å². The molecule has 6 nitrogen and oxygen atoms in total. The predicted octanol–water partition coefficient (Wildman–Crippen LogP) is 3.30. The van der Waals surface area contributed by atoms with E-state index in [0.717, 1.165) is 21.1 Å². The predicted molar refractivity (Wildman–Crippen MR) is 94.1 cm³/mol. The van der Waals surface area contributed by atoms with Crippen LogP contribution in [0.15, 0.2) is 30.3 Å². The van der Waals surface area contributed by atoms with Crippen LogP contribution >= 0.6 is 11.3 Å². The lowest BCUT2D eigenvalue weighted by molar-refractivity contribution is -0.136. The average Bonchev–Trinajstić information content (AvgIpc) is 2.95. The van der Waals surface area contributed by atoms with E-state index >= 15 is 0 Å². The van der Waals surface area contributed by atoms with Gasteiger partial charge in [-0.2, -0.15) is 0 Å². The van der Waals surface area contributed by atoms with Crippen LogP contribution in [0.25, 0.3) is 10.6 Å². The molecule has 0 bridgehead atoms. The van der Waals surface area contributed by atoms with Gasteiger partial charge in [-0.15, -0.1) is 11.3 Å². The Morgan fingerprint density at radius 1 is 1.33 bits per heavy atom. The number of aromatic nitrogens is 1. The summed E-state index contributed by atoms with van der Waals surface area (Å²) in [5, 5.41) is 12.2. The zero-order valence-electron chi connectivity index (χ0n) is 13.9. The molecule has 0 saturated carbocycles. The molecule has 128 valence electrons. The van der Waals surface area contributed by atoms with Gasteiger partial charge in [-0.3, -0.25) is 4.79 Å². The Morgan fingerprint density at radius 3 is 2.62 bits per heavy atom. The van der Waals surface area contributed by atoms with Gasteiger partial charge in [0.25, 0.3) is 0 Å². The van der Waals surface area contributed by atoms with E-state index in [9.17, 15) is 9.59 Å². The van der Waals surface area contributed by atoms with E-state index in [2.05, 4.69) is 10.3 Å². The van der Waals surface area contributed by atoms with Gasteiger partial charge >= 0.3 is 12.0 Å². The van der Waals surface area contributed by atoms with Gasteiger partial charge in [0.1, 0.15) is 5.01 Å². The van der Waals surface area contributed by atoms with Gasteiger partial charge in [0.15, 0.2) is 0 Å². The number of carbonyl (C=O) groups is 2. The van der Waals surface area contributed by atoms with E-state index in [1.807, 2.05) is 44.2 Å². The third-order valence-electron chi connectivity index (χ3n) is 3.75. The molecule has 7 heteroatoms. The normalized spacial score (nSPS) is 11.8. The summed E-state index contributed by atoms with van der Waals surface area (Å²) < 4.78 is 0. The highest BCUT2D eigenvalue weighted by Crippen LogP contribution is 2.33. The molecule has 1 aromatic carbocycles. The van der Waals surface area contributed by atoms with Crippen molar-refractivity contribution in [3.63, 3.8) is 0 Å². The second kappa shape index (κ2) is 7.92. The zero-order chi connectivity index (χ0) is 17.7. The molecule has 0 aliphatic heterocycles. The lowest BCUT2D eigenvalue weighted by Crippen LogP contribution is -2.39. The summed E-state index contributed by atoms with van der Waals surface area (Å²) in [7, 11) is 1.70. The van der Waals surface area contributed by atoms with Crippen LogP contribution in [-0.4, -0.2) is 40.6 Å². The van der Waals surface area contributed by atoms with Crippen LogP contribution in [0.4, 0.5) is 4.79 Å². The Labute approximate surface area is 145 Å². The van der Waals surface area contributed by atoms with Crippen molar-refractivity contribution in [3.05, 3.63) is 40.9 Å². The molecule has 0 spiro atoms. The van der Waals surface area contributed by atoms with Gasteiger partial charge in [0.05, 0.1) is 23.0 Å². The van der Waals surface area contributed by atoms with Crippen molar-refractivity contribution in [2.24, 2.45) is 0 Å². The van der Waals surface area contributed by atoms with E-state index in [1.165, 1.54) is 0 Å². The highest BCUT2D eigenvalue weighted by atomic mass is 32.1. The van der Waals surface area contributed by atoms with Crippen LogP contribution in [0.5, 0.6) is 0 Å². The van der Waals surface area contributed by atoms with Crippen LogP contribution in [0.1, 0.15) is 30.0 Å². The largest absolute Gasteiger partial charge is 0.481 e. The summed E-state index contributed by atoms with van der Waals surface area (Å²) >= 11 is 1.57. The van der Waals surface area contributed by atoms with Gasteiger partial charge in [0, 0.05) is 19.2 Å². The van der Waals surface area contributed by atoms with Gasteiger partial charge < -0.3 is 15.3 Å². The maximum Gasteiger partial charge on any atom is 0.317 e. The summed E-state index contributed by atoms with van der Waals surface area (Å²) in [6.45, 7) is 3.99. The van der Waals surface area contributed by atoms with Gasteiger partial charge in [-0.25, -0.2) is 9.78 Å². The molecule has 2 amide bonds. The van der Waals surface area contributed by atoms with Crippen LogP contribution in [0.3, 0.4) is 0 Å². The van der Waals surface area contributed by atoms with E-state index in [-0.39, 0.29) is 25.0 Å². The lowest BCUT2D eigenvalue weighted by Gasteiger charge is -2.24. The number of hydrogen-bond donors (Lipinski definition) is 2. The summed E-state index contributed by atoms with van der Waals surface area (Å²) in [6, 6.07) is 9.48. The van der Waals surface area contributed by atoms with E-state index in [4.69, 9.17) is 5.11 Å². The molecule has 0 radical (unpaired) electrons. The Balaban J connectivity index is 2.09. The molecular weight excluding hydrogens is 326 g/mol. The Bertz CT molecular complexity index is 715. The number of nitrogens with one attached hydrogen (secondary N) is 1. The highest BCUT2D eigenvalue weighted by molar-refractivity contribution is 7.15. The molecule has 1 atom stereocenters. The standard InChI is InChI=1S/C17H21N3O3S/c1-11-15(24-16(19-11)13-7-5-4-6-8-13)12(2)20(3)17(23)18-10-9-14(21)22/h4-8,12H,9-10H2,1-3H3,(H,18,23)(H,21,22). The second-order valence-corrected chi connectivity index (χ2v) is 6.53. The fourth-order valence-corrected chi connectivity index (χ4v) is 3.42. The number of aliphatic carboxylic acids is 1. The first-order valence-corrected chi connectivity index (χ1v) is 8.47. The van der Waals surface area contributed by atoms with Gasteiger partial charge in [-0.05, 0) is 13.8 Å². The first kappa shape index (κ1) is 17.9. The fraction of sp³-hybridized carbons (Fsp3) is 0.353. The quantitative estimate of drug-likeness (QED) is 0.840. The van der Waals surface area contributed by atoms with Gasteiger partial charge in [0.2, 0.25) is 0 Å². The van der Waals surface area contributed by atoms with Gasteiger partial charge in [-0.1, -0.05) is 30.3 Å². The second-order valence-electron chi connectivity index (χ2n) is 5.50. The topological polar surface area (TPSA) is 82.5 Å². The summed E-state index contributed by atoms with van der Waals surface area (Å²) in [6.07, 6.45) is -0.0916. The van der Waals surface area contributed by atoms with Crippen molar-refractivity contribution >= 4 is 23.3 Å². The molecule has 0 fully saturated rings. The number of carbonyl (C=O) groups excluding carboxylic acids is 1. The first-order valence-electron chi connectivity index (χ1n) is 7.65. The molecule has 2 rings (SSSR count). The number of carboxylic acids is 1. The fourth-order valence-electron chi connectivity index (χ4n) is 2.25. The van der Waals surface area contributed by atoms with Crippen molar-refractivity contribution in [2.75, 3.05) is 13.6 Å². The monoisotopic (exact) mass is 347 g/mol. The van der Waals surface area contributed by atoms with Crippen molar-refractivity contribution in [1.82, 2.24) is 15.2 Å². The van der Waals surface area contributed by atoms with E-state index in [1.54, 1.807) is 23.3 Å². The first-order chi connectivity index (χ1) is 11.4. The number of amides is 2. The number of thiazole rings is 1. The van der Waals surface area contributed by atoms with Crippen LogP contribution in [-0.2, 0) is 4.79 Å². The minimum Gasteiger partial charge on any atom is -0.481 e. The number of rotatable bonds is 6. The van der Waals surface area contributed by atoms with Crippen molar-refractivity contribution < 1.29 is 14.7 Å². The SMILES string of the molecule is Cc1nc(-c2ccccc2)sc1C(C)N(C)C(=O)NCCC(=O)O. The number of carboxylic acid groups (broad SMARTS) is 1. The molecule has 1 heterocycles. The zero-order valence-corrected chi connectivity index (χ0v) is 14.8. The van der Waals surface area contributed by atoms with Crippen molar-refractivity contribution in [2.45, 2.75) is 26.3 Å². The molecule has 0 saturated heterocycles. The number of nitrogens with zero attached hydrogens (tertiary/aromatic N) is 2. The smallest absolute Gasteiger partial charge is 0.317 e. The van der Waals surface area contributed by atoms with Crippen molar-refractivity contribution in [1.29, 1.82) is 0 Å². The van der Waals surface area contributed by atoms with E-state index < -0.39 is 5.97 Å². The molecule has 24 heavy (non-hydrogen) atoms. The summed E-state index contributed by atoms with van der Waals surface area (Å²) in [5.74, 6) is -0.934. The van der Waals surface area contributed by atoms with Crippen LogP contribution < -0.4 is 5.32 Å². The molecular formula is C17H21N3O3S. The molecule has 1 unspecified atom stereocenters. The third kappa shape index (κ3) is 4.32. The number of aryl methyl sites for hydroxylation is 1. The van der Waals surface area contributed by atoms with E-state index in [0.29, 0.717) is 0 Å². The molecule has 0 aliphatic carbocycles. The molecule has 2 N–H and O–H groups in total.